The molecular weight excluding hydrogens is 374 g/mol. The third kappa shape index (κ3) is 4.30. The number of ether oxygens (including phenoxy) is 3. The maximum absolute atomic E-state index is 11.6. The number of nitrogens with two attached hydrogens (primary N) is 2. The number of hydrogen-bond donors (Lipinski definition) is 2. The Morgan fingerprint density at radius 2 is 2.07 bits per heavy atom. The lowest BCUT2D eigenvalue weighted by Crippen LogP contribution is -2.25. The van der Waals surface area contributed by atoms with Crippen molar-refractivity contribution in [2.24, 2.45) is 0 Å². The fourth-order valence-electron chi connectivity index (χ4n) is 2.29. The molecule has 1 heterocycles. The number of carbonyl (C=O) groups excluding carboxylic acids is 1. The smallest absolute Gasteiger partial charge is 0.346 e. The lowest BCUT2D eigenvalue weighted by molar-refractivity contribution is -0.147. The van der Waals surface area contributed by atoms with Gasteiger partial charge in [-0.2, -0.15) is 10.2 Å². The average Bonchev–Trinajstić information content (AvgIpc) is 2.62. The molecule has 4 N–H and O–H groups in total. The number of hydrogen-bond acceptors (Lipinski definition) is 9. The maximum Gasteiger partial charge on any atom is 0.346 e. The number of methoxy groups -OCH3 is 1. The third-order valence-corrected chi connectivity index (χ3v) is 3.76. The first kappa shape index (κ1) is 20.1. The van der Waals surface area contributed by atoms with Crippen LogP contribution in [0, 0.1) is 11.3 Å². The molecule has 0 amide bonds. The Bertz CT molecular complexity index is 913. The molecule has 0 spiro atoms. The van der Waals surface area contributed by atoms with Crippen LogP contribution in [0.2, 0.25) is 5.02 Å². The first-order valence-electron chi connectivity index (χ1n) is 7.86. The minimum atomic E-state index is -0.905. The molecule has 0 radical (unpaired) electrons. The van der Waals surface area contributed by atoms with Gasteiger partial charge in [0.05, 0.1) is 24.4 Å². The summed E-state index contributed by atoms with van der Waals surface area (Å²) in [5.74, 6) is -0.284. The Kier molecular flexibility index (Phi) is 6.26. The Labute approximate surface area is 160 Å². The van der Waals surface area contributed by atoms with Crippen LogP contribution in [0.3, 0.4) is 0 Å². The van der Waals surface area contributed by atoms with Gasteiger partial charge in [-0.05, 0) is 26.0 Å². The van der Waals surface area contributed by atoms with E-state index in [1.807, 2.05) is 6.07 Å². The fraction of sp³-hybridized carbons (Fsp3) is 0.294. The second-order valence-electron chi connectivity index (χ2n) is 5.30. The number of benzene rings is 1. The van der Waals surface area contributed by atoms with Crippen LogP contribution in [0.5, 0.6) is 11.5 Å². The van der Waals surface area contributed by atoms with E-state index < -0.39 is 12.1 Å². The van der Waals surface area contributed by atoms with Crippen molar-refractivity contribution in [2.75, 3.05) is 25.2 Å². The van der Waals surface area contributed by atoms with E-state index in [4.69, 9.17) is 32.5 Å². The number of carbonyl (C=O) groups is 1. The quantitative estimate of drug-likeness (QED) is 0.706. The van der Waals surface area contributed by atoms with Gasteiger partial charge in [-0.25, -0.2) is 9.78 Å². The van der Waals surface area contributed by atoms with E-state index in [9.17, 15) is 10.1 Å². The second-order valence-corrected chi connectivity index (χ2v) is 5.71. The van der Waals surface area contributed by atoms with Gasteiger partial charge >= 0.3 is 5.97 Å². The van der Waals surface area contributed by atoms with Crippen LogP contribution in [0.1, 0.15) is 19.4 Å². The van der Waals surface area contributed by atoms with Gasteiger partial charge in [0, 0.05) is 5.56 Å². The molecule has 1 aromatic heterocycles. The summed E-state index contributed by atoms with van der Waals surface area (Å²) in [6.45, 7) is 3.60. The van der Waals surface area contributed by atoms with Gasteiger partial charge in [0.15, 0.2) is 17.6 Å². The maximum atomic E-state index is 11.6. The van der Waals surface area contributed by atoms with E-state index in [1.165, 1.54) is 20.1 Å². The Balaban J connectivity index is 2.60. The highest BCUT2D eigenvalue weighted by molar-refractivity contribution is 6.32. The highest BCUT2D eigenvalue weighted by atomic mass is 35.5. The lowest BCUT2D eigenvalue weighted by atomic mass is 10.1. The summed E-state index contributed by atoms with van der Waals surface area (Å²) in [6.07, 6.45) is -0.905. The van der Waals surface area contributed by atoms with Gasteiger partial charge < -0.3 is 25.7 Å². The van der Waals surface area contributed by atoms with E-state index in [1.54, 1.807) is 13.0 Å². The summed E-state index contributed by atoms with van der Waals surface area (Å²) >= 11 is 6.34. The number of aromatic nitrogens is 2. The second kappa shape index (κ2) is 8.42. The number of rotatable bonds is 6. The van der Waals surface area contributed by atoms with Crippen molar-refractivity contribution < 1.29 is 19.0 Å². The third-order valence-electron chi connectivity index (χ3n) is 3.48. The summed E-state index contributed by atoms with van der Waals surface area (Å²) in [5, 5.41) is 9.51. The average molecular weight is 392 g/mol. The van der Waals surface area contributed by atoms with Crippen molar-refractivity contribution in [1.29, 1.82) is 5.26 Å². The van der Waals surface area contributed by atoms with Crippen LogP contribution in [0.15, 0.2) is 12.1 Å². The highest BCUT2D eigenvalue weighted by Gasteiger charge is 2.22. The van der Waals surface area contributed by atoms with E-state index in [0.29, 0.717) is 12.2 Å². The predicted molar refractivity (Wildman–Crippen MR) is 99.3 cm³/mol. The van der Waals surface area contributed by atoms with Gasteiger partial charge in [-0.1, -0.05) is 11.6 Å². The van der Waals surface area contributed by atoms with Gasteiger partial charge in [0.25, 0.3) is 0 Å². The van der Waals surface area contributed by atoms with Crippen LogP contribution in [0.25, 0.3) is 11.3 Å². The highest BCUT2D eigenvalue weighted by Crippen LogP contribution is 2.41. The fourth-order valence-corrected chi connectivity index (χ4v) is 2.54. The molecule has 9 nitrogen and oxygen atoms in total. The molecule has 0 aliphatic heterocycles. The summed E-state index contributed by atoms with van der Waals surface area (Å²) in [4.78, 5) is 19.5. The van der Waals surface area contributed by atoms with Gasteiger partial charge in [-0.3, -0.25) is 0 Å². The number of anilines is 2. The number of halogens is 1. The molecule has 27 heavy (non-hydrogen) atoms. The molecule has 142 valence electrons. The van der Waals surface area contributed by atoms with Crippen LogP contribution < -0.4 is 20.9 Å². The van der Waals surface area contributed by atoms with Crippen molar-refractivity contribution in [3.63, 3.8) is 0 Å². The normalized spacial score (nSPS) is 11.4. The monoisotopic (exact) mass is 391 g/mol. The van der Waals surface area contributed by atoms with Crippen molar-refractivity contribution in [3.05, 3.63) is 22.7 Å². The molecule has 0 bridgehead atoms. The van der Waals surface area contributed by atoms with Crippen molar-refractivity contribution in [1.82, 2.24) is 9.97 Å². The number of esters is 1. The topological polar surface area (TPSA) is 146 Å². The minimum absolute atomic E-state index is 0.0475. The molecule has 10 heteroatoms. The Morgan fingerprint density at radius 3 is 2.67 bits per heavy atom. The van der Waals surface area contributed by atoms with E-state index in [0.717, 1.165) is 0 Å². The summed E-state index contributed by atoms with van der Waals surface area (Å²) < 4.78 is 15.8. The zero-order valence-corrected chi connectivity index (χ0v) is 15.7. The van der Waals surface area contributed by atoms with Crippen LogP contribution >= 0.6 is 11.6 Å². The lowest BCUT2D eigenvalue weighted by Gasteiger charge is -2.18. The standard InChI is InChI=1S/C17H18ClN5O4/c1-4-26-12-6-9(13-10(7-19)15(20)23-17(21)22-13)5-11(18)14(12)27-8(2)16(24)25-3/h5-6,8H,4H2,1-3H3,(H4,20,21,22,23). The SMILES string of the molecule is CCOc1cc(-c2nc(N)nc(N)c2C#N)cc(Cl)c1OC(C)C(=O)OC. The predicted octanol–water partition coefficient (Wildman–Crippen LogP) is 2.17. The zero-order chi connectivity index (χ0) is 20.1. The van der Waals surface area contributed by atoms with Gasteiger partial charge in [-0.15, -0.1) is 0 Å². The molecule has 0 fully saturated rings. The van der Waals surface area contributed by atoms with Crippen molar-refractivity contribution >= 4 is 29.3 Å². The zero-order valence-electron chi connectivity index (χ0n) is 14.9. The molecule has 0 saturated carbocycles. The number of nitrogens with zero attached hydrogens (tertiary/aromatic N) is 3. The van der Waals surface area contributed by atoms with Crippen LogP contribution in [-0.2, 0) is 9.53 Å². The molecule has 2 rings (SSSR count). The molecular formula is C17H18ClN5O4. The molecule has 1 unspecified atom stereocenters. The van der Waals surface area contributed by atoms with E-state index in [2.05, 4.69) is 14.7 Å². The first-order valence-corrected chi connectivity index (χ1v) is 8.24. The molecule has 1 aromatic carbocycles. The molecule has 0 aliphatic rings. The Hall–Kier alpha value is -3.25. The Morgan fingerprint density at radius 1 is 1.37 bits per heavy atom. The first-order chi connectivity index (χ1) is 12.8. The van der Waals surface area contributed by atoms with Crippen molar-refractivity contribution in [2.45, 2.75) is 20.0 Å². The summed E-state index contributed by atoms with van der Waals surface area (Å²) in [6, 6.07) is 5.02. The minimum Gasteiger partial charge on any atom is -0.490 e. The molecule has 0 saturated heterocycles. The van der Waals surface area contributed by atoms with Crippen LogP contribution in [0.4, 0.5) is 11.8 Å². The van der Waals surface area contributed by atoms with Gasteiger partial charge in [0.1, 0.15) is 17.5 Å². The summed E-state index contributed by atoms with van der Waals surface area (Å²) in [7, 11) is 1.25. The van der Waals surface area contributed by atoms with Crippen LogP contribution in [-0.4, -0.2) is 35.8 Å². The molecule has 2 aromatic rings. The molecule has 0 aliphatic carbocycles. The van der Waals surface area contributed by atoms with Gasteiger partial charge in [0.2, 0.25) is 5.95 Å². The molecule has 1 atom stereocenters. The largest absolute Gasteiger partial charge is 0.490 e. The van der Waals surface area contributed by atoms with E-state index >= 15 is 0 Å². The number of nitriles is 1. The van der Waals surface area contributed by atoms with E-state index in [-0.39, 0.29) is 39.5 Å². The van der Waals surface area contributed by atoms with Crippen molar-refractivity contribution in [3.8, 4) is 28.8 Å². The number of nitrogen functional groups attached to an aromatic ring is 2. The summed E-state index contributed by atoms with van der Waals surface area (Å²) in [5.41, 5.74) is 12.1.